The highest BCUT2D eigenvalue weighted by Gasteiger charge is 2.15. The zero-order chi connectivity index (χ0) is 11.4. The minimum Gasteiger partial charge on any atom is -0.478 e. The summed E-state index contributed by atoms with van der Waals surface area (Å²) in [5.41, 5.74) is 0.207. The fourth-order valence-corrected chi connectivity index (χ4v) is 1.69. The van der Waals surface area contributed by atoms with Crippen molar-refractivity contribution in [2.45, 2.75) is 18.9 Å². The second kappa shape index (κ2) is 8.13. The standard InChI is InChI=1S/C11H14N2O3.2ClH/c14-11(15)8-1-6-13-10(7-8)16-9-2-4-12-5-3-9;;/h1,6-7,9,12H,2-5H2,(H,14,15);2*1H. The van der Waals surface area contributed by atoms with Gasteiger partial charge in [0.25, 0.3) is 0 Å². The monoisotopic (exact) mass is 294 g/mol. The lowest BCUT2D eigenvalue weighted by molar-refractivity contribution is 0.0695. The summed E-state index contributed by atoms with van der Waals surface area (Å²) in [5.74, 6) is -0.565. The predicted octanol–water partition coefficient (Wildman–Crippen LogP) is 1.75. The van der Waals surface area contributed by atoms with Crippen LogP contribution in [0, 0.1) is 0 Å². The van der Waals surface area contributed by atoms with Crippen molar-refractivity contribution in [2.24, 2.45) is 0 Å². The van der Waals surface area contributed by atoms with Crippen molar-refractivity contribution in [1.82, 2.24) is 10.3 Å². The van der Waals surface area contributed by atoms with Gasteiger partial charge in [-0.1, -0.05) is 0 Å². The topological polar surface area (TPSA) is 71.5 Å². The Balaban J connectivity index is 0.00000144. The maximum Gasteiger partial charge on any atom is 0.335 e. The van der Waals surface area contributed by atoms with E-state index in [1.807, 2.05) is 0 Å². The molecule has 0 unspecified atom stereocenters. The molecule has 1 fully saturated rings. The van der Waals surface area contributed by atoms with Crippen LogP contribution in [0.25, 0.3) is 0 Å². The Labute approximate surface area is 118 Å². The molecular weight excluding hydrogens is 279 g/mol. The van der Waals surface area contributed by atoms with Crippen LogP contribution in [0.4, 0.5) is 0 Å². The van der Waals surface area contributed by atoms with E-state index in [0.717, 1.165) is 25.9 Å². The Morgan fingerprint density at radius 1 is 1.39 bits per heavy atom. The second-order valence-corrected chi connectivity index (χ2v) is 3.76. The number of carbonyl (C=O) groups is 1. The van der Waals surface area contributed by atoms with Crippen molar-refractivity contribution in [3.8, 4) is 5.88 Å². The molecule has 0 saturated carbocycles. The fourth-order valence-electron chi connectivity index (χ4n) is 1.69. The Morgan fingerprint density at radius 2 is 2.06 bits per heavy atom. The first kappa shape index (κ1) is 17.0. The van der Waals surface area contributed by atoms with Crippen molar-refractivity contribution in [3.63, 3.8) is 0 Å². The van der Waals surface area contributed by atoms with Gasteiger partial charge in [-0.2, -0.15) is 0 Å². The molecule has 2 rings (SSSR count). The quantitative estimate of drug-likeness (QED) is 0.889. The third-order valence-corrected chi connectivity index (χ3v) is 2.56. The van der Waals surface area contributed by atoms with E-state index < -0.39 is 5.97 Å². The number of ether oxygens (including phenoxy) is 1. The minimum atomic E-state index is -0.961. The van der Waals surface area contributed by atoms with Crippen LogP contribution in [0.2, 0.25) is 0 Å². The highest BCUT2D eigenvalue weighted by atomic mass is 35.5. The number of rotatable bonds is 3. The lowest BCUT2D eigenvalue weighted by Gasteiger charge is -2.23. The first-order valence-electron chi connectivity index (χ1n) is 5.32. The van der Waals surface area contributed by atoms with Crippen molar-refractivity contribution in [2.75, 3.05) is 13.1 Å². The number of nitrogens with zero attached hydrogens (tertiary/aromatic N) is 1. The number of piperidine rings is 1. The zero-order valence-corrected chi connectivity index (χ0v) is 11.3. The molecule has 1 aromatic heterocycles. The number of halogens is 2. The van der Waals surface area contributed by atoms with Crippen LogP contribution in [-0.4, -0.2) is 35.3 Å². The Hall–Kier alpha value is -1.04. The van der Waals surface area contributed by atoms with Crippen LogP contribution in [0.1, 0.15) is 23.2 Å². The molecule has 1 aliphatic rings. The number of aromatic nitrogens is 1. The minimum absolute atomic E-state index is 0. The number of hydrogen-bond acceptors (Lipinski definition) is 4. The Morgan fingerprint density at radius 3 is 2.67 bits per heavy atom. The zero-order valence-electron chi connectivity index (χ0n) is 9.67. The van der Waals surface area contributed by atoms with Gasteiger partial charge in [0.05, 0.1) is 5.56 Å². The van der Waals surface area contributed by atoms with E-state index in [1.54, 1.807) is 0 Å². The van der Waals surface area contributed by atoms with Crippen molar-refractivity contribution in [3.05, 3.63) is 23.9 Å². The number of nitrogens with one attached hydrogen (secondary N) is 1. The highest BCUT2D eigenvalue weighted by Crippen LogP contribution is 2.15. The number of hydrogen-bond donors (Lipinski definition) is 2. The normalized spacial score (nSPS) is 15.1. The van der Waals surface area contributed by atoms with Crippen LogP contribution < -0.4 is 10.1 Å². The molecule has 1 saturated heterocycles. The number of aromatic carboxylic acids is 1. The smallest absolute Gasteiger partial charge is 0.335 e. The molecule has 1 aromatic rings. The fraction of sp³-hybridized carbons (Fsp3) is 0.455. The molecule has 1 aliphatic heterocycles. The first-order valence-corrected chi connectivity index (χ1v) is 5.32. The van der Waals surface area contributed by atoms with Crippen molar-refractivity contribution >= 4 is 30.8 Å². The molecule has 0 spiro atoms. The molecule has 7 heteroatoms. The maximum atomic E-state index is 10.8. The summed E-state index contributed by atoms with van der Waals surface area (Å²) in [6.07, 6.45) is 3.45. The molecule has 102 valence electrons. The van der Waals surface area contributed by atoms with Gasteiger partial charge in [-0.3, -0.25) is 0 Å². The van der Waals surface area contributed by atoms with E-state index in [2.05, 4.69) is 10.3 Å². The van der Waals surface area contributed by atoms with Gasteiger partial charge in [-0.05, 0) is 32.0 Å². The van der Waals surface area contributed by atoms with E-state index >= 15 is 0 Å². The third kappa shape index (κ3) is 4.68. The van der Waals surface area contributed by atoms with Gasteiger partial charge >= 0.3 is 5.97 Å². The Bertz CT molecular complexity index is 384. The molecular formula is C11H16Cl2N2O3. The van der Waals surface area contributed by atoms with E-state index in [1.165, 1.54) is 18.3 Å². The highest BCUT2D eigenvalue weighted by molar-refractivity contribution is 5.87. The second-order valence-electron chi connectivity index (χ2n) is 3.76. The van der Waals surface area contributed by atoms with Crippen molar-refractivity contribution in [1.29, 1.82) is 0 Å². The molecule has 2 N–H and O–H groups in total. The lowest BCUT2D eigenvalue weighted by Crippen LogP contribution is -2.34. The van der Waals surface area contributed by atoms with Gasteiger partial charge in [0, 0.05) is 12.3 Å². The summed E-state index contributed by atoms with van der Waals surface area (Å²) < 4.78 is 5.63. The first-order chi connectivity index (χ1) is 7.75. The van der Waals surface area contributed by atoms with E-state index in [-0.39, 0.29) is 36.5 Å². The van der Waals surface area contributed by atoms with Gasteiger partial charge in [0.2, 0.25) is 5.88 Å². The van der Waals surface area contributed by atoms with Crippen LogP contribution in [0.15, 0.2) is 18.3 Å². The predicted molar refractivity (Wildman–Crippen MR) is 72.2 cm³/mol. The van der Waals surface area contributed by atoms with Crippen LogP contribution >= 0.6 is 24.8 Å². The summed E-state index contributed by atoms with van der Waals surface area (Å²) in [4.78, 5) is 14.8. The number of carboxylic acids is 1. The molecule has 0 radical (unpaired) electrons. The lowest BCUT2D eigenvalue weighted by atomic mass is 10.1. The molecule has 0 bridgehead atoms. The molecule has 0 aliphatic carbocycles. The van der Waals surface area contributed by atoms with Gasteiger partial charge in [-0.15, -0.1) is 24.8 Å². The molecule has 5 nitrogen and oxygen atoms in total. The number of carboxylic acid groups (broad SMARTS) is 1. The summed E-state index contributed by atoms with van der Waals surface area (Å²) in [6, 6.07) is 2.92. The summed E-state index contributed by atoms with van der Waals surface area (Å²) in [7, 11) is 0. The van der Waals surface area contributed by atoms with E-state index in [9.17, 15) is 4.79 Å². The maximum absolute atomic E-state index is 10.8. The van der Waals surface area contributed by atoms with E-state index in [0.29, 0.717) is 5.88 Å². The third-order valence-electron chi connectivity index (χ3n) is 2.56. The van der Waals surface area contributed by atoms with Crippen LogP contribution in [0.5, 0.6) is 5.88 Å². The summed E-state index contributed by atoms with van der Waals surface area (Å²) in [5, 5.41) is 12.1. The van der Waals surface area contributed by atoms with Gasteiger partial charge in [0.15, 0.2) is 0 Å². The van der Waals surface area contributed by atoms with Crippen LogP contribution in [-0.2, 0) is 0 Å². The average Bonchev–Trinajstić information content (AvgIpc) is 2.30. The van der Waals surface area contributed by atoms with Gasteiger partial charge < -0.3 is 15.2 Å². The SMILES string of the molecule is Cl.Cl.O=C(O)c1ccnc(OC2CCNCC2)c1. The van der Waals surface area contributed by atoms with Gasteiger partial charge in [0.1, 0.15) is 6.10 Å². The molecule has 0 atom stereocenters. The van der Waals surface area contributed by atoms with Crippen molar-refractivity contribution < 1.29 is 14.6 Å². The molecule has 2 heterocycles. The number of pyridine rings is 1. The molecule has 0 aromatic carbocycles. The van der Waals surface area contributed by atoms with Gasteiger partial charge in [-0.25, -0.2) is 9.78 Å². The molecule has 18 heavy (non-hydrogen) atoms. The van der Waals surface area contributed by atoms with Crippen LogP contribution in [0.3, 0.4) is 0 Å². The summed E-state index contributed by atoms with van der Waals surface area (Å²) in [6.45, 7) is 1.87. The summed E-state index contributed by atoms with van der Waals surface area (Å²) >= 11 is 0. The Kier molecular flexibility index (Phi) is 7.66. The largest absolute Gasteiger partial charge is 0.478 e. The average molecular weight is 295 g/mol. The van der Waals surface area contributed by atoms with E-state index in [4.69, 9.17) is 9.84 Å². The molecule has 0 amide bonds.